The Labute approximate surface area is 151 Å². The molecule has 3 amide bonds. The second-order valence-corrected chi connectivity index (χ2v) is 6.93. The van der Waals surface area contributed by atoms with Crippen molar-refractivity contribution >= 4 is 27.6 Å². The number of benzene rings is 2. The molecule has 26 heavy (non-hydrogen) atoms. The molecule has 8 nitrogen and oxygen atoms in total. The average molecular weight is 377 g/mol. The monoisotopic (exact) mass is 377 g/mol. The third-order valence-corrected chi connectivity index (χ3v) is 4.98. The lowest BCUT2D eigenvalue weighted by Gasteiger charge is -2.17. The number of nitrogens with zero attached hydrogens (tertiary/aromatic N) is 1. The van der Waals surface area contributed by atoms with E-state index < -0.39 is 15.9 Å². The minimum atomic E-state index is -4.08. The number of anilines is 1. The van der Waals surface area contributed by atoms with Crippen molar-refractivity contribution in [3.8, 4) is 5.75 Å². The van der Waals surface area contributed by atoms with Gasteiger partial charge in [0.15, 0.2) is 0 Å². The number of methoxy groups -OCH3 is 1. The summed E-state index contributed by atoms with van der Waals surface area (Å²) < 4.78 is 31.9. The summed E-state index contributed by atoms with van der Waals surface area (Å²) in [4.78, 5) is 25.1. The van der Waals surface area contributed by atoms with Gasteiger partial charge in [-0.25, -0.2) is 17.9 Å². The molecule has 2 aromatic carbocycles. The quantitative estimate of drug-likeness (QED) is 0.823. The molecular weight excluding hydrogens is 358 g/mol. The zero-order valence-corrected chi connectivity index (χ0v) is 15.3. The fraction of sp³-hybridized carbons (Fsp3) is 0.176. The van der Waals surface area contributed by atoms with Gasteiger partial charge >= 0.3 is 6.03 Å². The van der Waals surface area contributed by atoms with E-state index in [0.29, 0.717) is 5.69 Å². The van der Waals surface area contributed by atoms with Crippen LogP contribution in [0.3, 0.4) is 0 Å². The van der Waals surface area contributed by atoms with Gasteiger partial charge in [-0.05, 0) is 36.4 Å². The Morgan fingerprint density at radius 3 is 2.23 bits per heavy atom. The number of hydrogen-bond acceptors (Lipinski definition) is 5. The number of carbonyl (C=O) groups excluding carboxylic acids is 2. The lowest BCUT2D eigenvalue weighted by Crippen LogP contribution is -2.34. The zero-order chi connectivity index (χ0) is 19.3. The van der Waals surface area contributed by atoms with Gasteiger partial charge in [-0.3, -0.25) is 9.69 Å². The molecule has 0 radical (unpaired) electrons. The van der Waals surface area contributed by atoms with Crippen LogP contribution < -0.4 is 19.7 Å². The lowest BCUT2D eigenvalue weighted by molar-refractivity contribution is 0.0978. The molecule has 0 saturated heterocycles. The summed E-state index contributed by atoms with van der Waals surface area (Å²) in [6.07, 6.45) is 0. The van der Waals surface area contributed by atoms with Gasteiger partial charge in [0.25, 0.3) is 15.9 Å². The predicted octanol–water partition coefficient (Wildman–Crippen LogP) is 1.59. The second-order valence-electron chi connectivity index (χ2n) is 5.24. The normalized spacial score (nSPS) is 10.7. The lowest BCUT2D eigenvalue weighted by atomic mass is 10.2. The van der Waals surface area contributed by atoms with Gasteiger partial charge in [-0.1, -0.05) is 12.1 Å². The molecule has 0 bridgehead atoms. The Morgan fingerprint density at radius 2 is 1.65 bits per heavy atom. The summed E-state index contributed by atoms with van der Waals surface area (Å²) in [5.74, 6) is -0.531. The summed E-state index contributed by atoms with van der Waals surface area (Å²) in [5, 5.41) is 2.46. The van der Waals surface area contributed by atoms with Crippen LogP contribution in [0.25, 0.3) is 0 Å². The van der Waals surface area contributed by atoms with Gasteiger partial charge in [0.05, 0.1) is 17.6 Å². The number of amides is 3. The maximum Gasteiger partial charge on any atom is 0.321 e. The van der Waals surface area contributed by atoms with E-state index in [2.05, 4.69) is 5.32 Å². The third-order valence-electron chi connectivity index (χ3n) is 3.63. The van der Waals surface area contributed by atoms with Crippen molar-refractivity contribution in [1.82, 2.24) is 10.0 Å². The van der Waals surface area contributed by atoms with Gasteiger partial charge in [0.2, 0.25) is 0 Å². The van der Waals surface area contributed by atoms with Gasteiger partial charge in [0, 0.05) is 19.8 Å². The van der Waals surface area contributed by atoms with Crippen LogP contribution in [0.4, 0.5) is 10.5 Å². The van der Waals surface area contributed by atoms with E-state index in [9.17, 15) is 18.0 Å². The van der Waals surface area contributed by atoms with E-state index in [0.717, 1.165) is 0 Å². The summed E-state index contributed by atoms with van der Waals surface area (Å²) in [6, 6.07) is 11.5. The van der Waals surface area contributed by atoms with Crippen molar-refractivity contribution in [2.24, 2.45) is 0 Å². The summed E-state index contributed by atoms with van der Waals surface area (Å²) in [5.41, 5.74) is 0.605. The highest BCUT2D eigenvalue weighted by atomic mass is 32.2. The van der Waals surface area contributed by atoms with Crippen molar-refractivity contribution in [3.63, 3.8) is 0 Å². The standard InChI is InChI=1S/C17H19N3O5S/c1-18-17(22)20(2)12-8-10-13(11-9-12)26(23,24)19-16(21)14-6-4-5-7-15(14)25-3/h4-11H,1-3H3,(H,18,22)(H,19,21). The number of para-hydroxylation sites is 1. The van der Waals surface area contributed by atoms with Gasteiger partial charge < -0.3 is 10.1 Å². The molecule has 0 saturated carbocycles. The number of sulfonamides is 1. The van der Waals surface area contributed by atoms with Gasteiger partial charge in [-0.2, -0.15) is 0 Å². The van der Waals surface area contributed by atoms with Gasteiger partial charge in [0.1, 0.15) is 5.75 Å². The first-order valence-corrected chi connectivity index (χ1v) is 9.04. The van der Waals surface area contributed by atoms with E-state index >= 15 is 0 Å². The average Bonchev–Trinajstić information content (AvgIpc) is 2.66. The molecule has 0 spiro atoms. The number of carbonyl (C=O) groups is 2. The highest BCUT2D eigenvalue weighted by molar-refractivity contribution is 7.90. The predicted molar refractivity (Wildman–Crippen MR) is 96.9 cm³/mol. The maximum absolute atomic E-state index is 12.4. The summed E-state index contributed by atoms with van der Waals surface area (Å²) >= 11 is 0. The van der Waals surface area contributed by atoms with Crippen LogP contribution in [0.15, 0.2) is 53.4 Å². The molecule has 0 aliphatic carbocycles. The smallest absolute Gasteiger partial charge is 0.321 e. The fourth-order valence-electron chi connectivity index (χ4n) is 2.20. The van der Waals surface area contributed by atoms with E-state index in [1.807, 2.05) is 4.72 Å². The molecule has 2 rings (SSSR count). The molecule has 2 aromatic rings. The topological polar surface area (TPSA) is 105 Å². The van der Waals surface area contributed by atoms with E-state index in [4.69, 9.17) is 4.74 Å². The van der Waals surface area contributed by atoms with Crippen LogP contribution in [0.1, 0.15) is 10.4 Å². The van der Waals surface area contributed by atoms with Crippen LogP contribution in [-0.2, 0) is 10.0 Å². The molecule has 0 heterocycles. The molecular formula is C17H19N3O5S. The molecule has 0 aromatic heterocycles. The number of rotatable bonds is 5. The Balaban J connectivity index is 2.22. The summed E-state index contributed by atoms with van der Waals surface area (Å²) in [7, 11) is 0.355. The summed E-state index contributed by atoms with van der Waals surface area (Å²) in [6.45, 7) is 0. The van der Waals surface area contributed by atoms with Crippen molar-refractivity contribution in [3.05, 3.63) is 54.1 Å². The first-order chi connectivity index (χ1) is 12.3. The Kier molecular flexibility index (Phi) is 5.83. The zero-order valence-electron chi connectivity index (χ0n) is 14.5. The van der Waals surface area contributed by atoms with Crippen molar-refractivity contribution in [1.29, 1.82) is 0 Å². The first kappa shape index (κ1) is 19.3. The molecule has 0 aliphatic heterocycles. The van der Waals surface area contributed by atoms with Crippen molar-refractivity contribution in [2.75, 3.05) is 26.1 Å². The van der Waals surface area contributed by atoms with Crippen molar-refractivity contribution in [2.45, 2.75) is 4.90 Å². The van der Waals surface area contributed by atoms with E-state index in [1.54, 1.807) is 25.2 Å². The molecule has 0 aliphatic rings. The minimum absolute atomic E-state index is 0.102. The SMILES string of the molecule is CNC(=O)N(C)c1ccc(S(=O)(=O)NC(=O)c2ccccc2OC)cc1. The fourth-order valence-corrected chi connectivity index (χ4v) is 3.17. The Morgan fingerprint density at radius 1 is 1.04 bits per heavy atom. The first-order valence-electron chi connectivity index (χ1n) is 7.56. The van der Waals surface area contributed by atoms with Crippen molar-refractivity contribution < 1.29 is 22.7 Å². The number of urea groups is 1. The maximum atomic E-state index is 12.4. The molecule has 0 atom stereocenters. The highest BCUT2D eigenvalue weighted by Gasteiger charge is 2.21. The van der Waals surface area contributed by atoms with Gasteiger partial charge in [-0.15, -0.1) is 0 Å². The number of nitrogens with one attached hydrogen (secondary N) is 2. The molecule has 2 N–H and O–H groups in total. The largest absolute Gasteiger partial charge is 0.496 e. The second kappa shape index (κ2) is 7.87. The van der Waals surface area contributed by atoms with Crippen LogP contribution in [-0.4, -0.2) is 41.6 Å². The van der Waals surface area contributed by atoms with Crippen LogP contribution in [0.5, 0.6) is 5.75 Å². The highest BCUT2D eigenvalue weighted by Crippen LogP contribution is 2.20. The van der Waals surface area contributed by atoms with Crippen LogP contribution in [0, 0.1) is 0 Å². The van der Waals surface area contributed by atoms with Crippen LogP contribution in [0.2, 0.25) is 0 Å². The molecule has 0 unspecified atom stereocenters. The Hall–Kier alpha value is -3.07. The van der Waals surface area contributed by atoms with Crippen LogP contribution >= 0.6 is 0 Å². The number of hydrogen-bond donors (Lipinski definition) is 2. The van der Waals surface area contributed by atoms with E-state index in [1.165, 1.54) is 49.4 Å². The molecule has 0 fully saturated rings. The minimum Gasteiger partial charge on any atom is -0.496 e. The number of ether oxygens (including phenoxy) is 1. The molecule has 9 heteroatoms. The Bertz CT molecular complexity index is 910. The molecule has 138 valence electrons. The van der Waals surface area contributed by atoms with E-state index in [-0.39, 0.29) is 22.2 Å². The third kappa shape index (κ3) is 4.12.